The lowest BCUT2D eigenvalue weighted by atomic mass is 10.3. The zero-order valence-corrected chi connectivity index (χ0v) is 12.7. The topological polar surface area (TPSA) is 81.0 Å². The first kappa shape index (κ1) is 15.2. The molecule has 110 valence electrons. The van der Waals surface area contributed by atoms with Gasteiger partial charge in [-0.25, -0.2) is 9.97 Å². The van der Waals surface area contributed by atoms with Crippen molar-refractivity contribution < 1.29 is 4.92 Å². The summed E-state index contributed by atoms with van der Waals surface area (Å²) >= 11 is 1.47. The van der Waals surface area contributed by atoms with Crippen LogP contribution in [0.1, 0.15) is 18.9 Å². The maximum Gasteiger partial charge on any atom is 0.269 e. The molecule has 2 rings (SSSR count). The number of benzene rings is 1. The third-order valence-corrected chi connectivity index (χ3v) is 3.96. The van der Waals surface area contributed by atoms with E-state index in [9.17, 15) is 10.1 Å². The van der Waals surface area contributed by atoms with Crippen LogP contribution in [0.15, 0.2) is 40.5 Å². The fourth-order valence-electron chi connectivity index (χ4n) is 1.71. The second-order valence-corrected chi connectivity index (χ2v) is 5.49. The number of aromatic nitrogens is 2. The Hall–Kier alpha value is -2.15. The van der Waals surface area contributed by atoms with Crippen LogP contribution in [-0.4, -0.2) is 21.4 Å². The van der Waals surface area contributed by atoms with E-state index in [1.165, 1.54) is 30.2 Å². The second kappa shape index (κ2) is 7.03. The number of anilines is 1. The number of nitrogens with zero attached hydrogens (tertiary/aromatic N) is 3. The molecule has 0 radical (unpaired) electrons. The molecular weight excluding hydrogens is 288 g/mol. The van der Waals surface area contributed by atoms with Crippen molar-refractivity contribution in [3.05, 3.63) is 46.3 Å². The van der Waals surface area contributed by atoms with Crippen molar-refractivity contribution in [2.45, 2.75) is 30.2 Å². The lowest BCUT2D eigenvalue weighted by Crippen LogP contribution is -2.05. The molecule has 0 saturated heterocycles. The molecule has 0 aliphatic heterocycles. The van der Waals surface area contributed by atoms with Crippen LogP contribution in [0.5, 0.6) is 0 Å². The van der Waals surface area contributed by atoms with Crippen molar-refractivity contribution in [1.82, 2.24) is 9.97 Å². The van der Waals surface area contributed by atoms with Crippen molar-refractivity contribution in [2.24, 2.45) is 0 Å². The molecule has 21 heavy (non-hydrogen) atoms. The van der Waals surface area contributed by atoms with Crippen molar-refractivity contribution in [3.63, 3.8) is 0 Å². The second-order valence-electron chi connectivity index (χ2n) is 4.43. The Kier molecular flexibility index (Phi) is 5.10. The van der Waals surface area contributed by atoms with E-state index in [4.69, 9.17) is 0 Å². The van der Waals surface area contributed by atoms with E-state index in [1.54, 1.807) is 12.1 Å². The minimum atomic E-state index is -0.406. The van der Waals surface area contributed by atoms with Gasteiger partial charge in [0.1, 0.15) is 17.2 Å². The highest BCUT2D eigenvalue weighted by Gasteiger charge is 2.10. The van der Waals surface area contributed by atoms with Crippen LogP contribution in [-0.2, 0) is 0 Å². The maximum absolute atomic E-state index is 10.6. The molecule has 0 spiro atoms. The van der Waals surface area contributed by atoms with Gasteiger partial charge in [0.05, 0.1) is 4.92 Å². The number of nitrogens with one attached hydrogen (secondary N) is 1. The molecule has 6 nitrogen and oxygen atoms in total. The van der Waals surface area contributed by atoms with E-state index in [-0.39, 0.29) is 5.69 Å². The van der Waals surface area contributed by atoms with E-state index in [2.05, 4.69) is 22.2 Å². The van der Waals surface area contributed by atoms with Crippen LogP contribution in [0, 0.1) is 17.0 Å². The quantitative estimate of drug-likeness (QED) is 0.498. The van der Waals surface area contributed by atoms with Crippen LogP contribution >= 0.6 is 11.8 Å². The predicted octanol–water partition coefficient (Wildman–Crippen LogP) is 3.67. The van der Waals surface area contributed by atoms with Gasteiger partial charge in [0.15, 0.2) is 0 Å². The van der Waals surface area contributed by atoms with Crippen LogP contribution in [0.4, 0.5) is 11.5 Å². The molecule has 0 amide bonds. The smallest absolute Gasteiger partial charge is 0.269 e. The minimum absolute atomic E-state index is 0.0871. The third kappa shape index (κ3) is 3.91. The Balaban J connectivity index is 2.17. The van der Waals surface area contributed by atoms with E-state index < -0.39 is 4.92 Å². The lowest BCUT2D eigenvalue weighted by molar-refractivity contribution is -0.384. The Morgan fingerprint density at radius 1 is 1.29 bits per heavy atom. The average molecular weight is 304 g/mol. The Morgan fingerprint density at radius 3 is 2.62 bits per heavy atom. The van der Waals surface area contributed by atoms with Gasteiger partial charge in [-0.3, -0.25) is 10.1 Å². The van der Waals surface area contributed by atoms with Gasteiger partial charge in [-0.05, 0) is 25.5 Å². The van der Waals surface area contributed by atoms with Gasteiger partial charge in [0.25, 0.3) is 5.69 Å². The molecule has 0 aliphatic carbocycles. The van der Waals surface area contributed by atoms with Crippen molar-refractivity contribution >= 4 is 23.3 Å². The molecule has 0 saturated carbocycles. The molecule has 1 heterocycles. The fraction of sp³-hybridized carbons (Fsp3) is 0.286. The highest BCUT2D eigenvalue weighted by Crippen LogP contribution is 2.31. The van der Waals surface area contributed by atoms with E-state index in [0.717, 1.165) is 34.3 Å². The van der Waals surface area contributed by atoms with Crippen LogP contribution in [0.3, 0.4) is 0 Å². The van der Waals surface area contributed by atoms with Crippen molar-refractivity contribution in [2.75, 3.05) is 11.9 Å². The Morgan fingerprint density at radius 2 is 2.00 bits per heavy atom. The summed E-state index contributed by atoms with van der Waals surface area (Å²) in [6, 6.07) is 6.44. The average Bonchev–Trinajstić information content (AvgIpc) is 2.49. The predicted molar refractivity (Wildman–Crippen MR) is 82.8 cm³/mol. The number of non-ortho nitro benzene ring substituents is 1. The zero-order valence-electron chi connectivity index (χ0n) is 11.9. The summed E-state index contributed by atoms with van der Waals surface area (Å²) in [6.45, 7) is 4.92. The SMILES string of the molecule is CCCNc1ncnc(Sc2ccc([N+](=O)[O-])cc2)c1C. The monoisotopic (exact) mass is 304 g/mol. The normalized spacial score (nSPS) is 10.4. The molecule has 1 N–H and O–H groups in total. The number of rotatable bonds is 6. The zero-order chi connectivity index (χ0) is 15.2. The maximum atomic E-state index is 10.6. The highest BCUT2D eigenvalue weighted by atomic mass is 32.2. The summed E-state index contributed by atoms with van der Waals surface area (Å²) in [4.78, 5) is 19.6. The molecule has 0 bridgehead atoms. The number of nitro groups is 1. The number of hydrogen-bond acceptors (Lipinski definition) is 6. The highest BCUT2D eigenvalue weighted by molar-refractivity contribution is 7.99. The Labute approximate surface area is 127 Å². The van der Waals surface area contributed by atoms with Gasteiger partial charge in [-0.15, -0.1) is 0 Å². The summed E-state index contributed by atoms with van der Waals surface area (Å²) in [7, 11) is 0. The molecule has 0 fully saturated rings. The van der Waals surface area contributed by atoms with Gasteiger partial charge in [0.2, 0.25) is 0 Å². The first-order valence-corrected chi connectivity index (χ1v) is 7.41. The van der Waals surface area contributed by atoms with Crippen LogP contribution < -0.4 is 5.32 Å². The van der Waals surface area contributed by atoms with E-state index in [1.807, 2.05) is 6.92 Å². The van der Waals surface area contributed by atoms with Crippen LogP contribution in [0.25, 0.3) is 0 Å². The van der Waals surface area contributed by atoms with Gasteiger partial charge < -0.3 is 5.32 Å². The van der Waals surface area contributed by atoms with Crippen molar-refractivity contribution in [1.29, 1.82) is 0 Å². The molecule has 0 aliphatic rings. The third-order valence-electron chi connectivity index (χ3n) is 2.84. The minimum Gasteiger partial charge on any atom is -0.370 e. The lowest BCUT2D eigenvalue weighted by Gasteiger charge is -2.10. The van der Waals surface area contributed by atoms with Gasteiger partial charge in [0, 0.05) is 29.1 Å². The summed E-state index contributed by atoms with van der Waals surface area (Å²) in [5.41, 5.74) is 1.07. The van der Waals surface area contributed by atoms with Gasteiger partial charge >= 0.3 is 0 Å². The standard InChI is InChI=1S/C14H16N4O2S/c1-3-8-15-13-10(2)14(17-9-16-13)21-12-6-4-11(5-7-12)18(19)20/h4-7,9H,3,8H2,1-2H3,(H,15,16,17). The number of hydrogen-bond donors (Lipinski definition) is 1. The fourth-order valence-corrected chi connectivity index (χ4v) is 2.55. The van der Waals surface area contributed by atoms with E-state index in [0.29, 0.717) is 0 Å². The van der Waals surface area contributed by atoms with Gasteiger partial charge in [-0.1, -0.05) is 18.7 Å². The molecule has 7 heteroatoms. The summed E-state index contributed by atoms with van der Waals surface area (Å²) in [5, 5.41) is 14.7. The first-order chi connectivity index (χ1) is 10.1. The first-order valence-electron chi connectivity index (χ1n) is 6.59. The molecule has 0 atom stereocenters. The molecular formula is C14H16N4O2S. The summed E-state index contributed by atoms with van der Waals surface area (Å²) in [6.07, 6.45) is 2.55. The van der Waals surface area contributed by atoms with Crippen molar-refractivity contribution in [3.8, 4) is 0 Å². The van der Waals surface area contributed by atoms with Gasteiger partial charge in [-0.2, -0.15) is 0 Å². The van der Waals surface area contributed by atoms with Crippen LogP contribution in [0.2, 0.25) is 0 Å². The largest absolute Gasteiger partial charge is 0.370 e. The molecule has 2 aromatic rings. The summed E-state index contributed by atoms with van der Waals surface area (Å²) < 4.78 is 0. The molecule has 1 aromatic carbocycles. The Bertz CT molecular complexity index is 631. The van der Waals surface area contributed by atoms with E-state index >= 15 is 0 Å². The molecule has 0 unspecified atom stereocenters. The number of nitro benzene ring substituents is 1. The molecule has 1 aromatic heterocycles. The summed E-state index contributed by atoms with van der Waals surface area (Å²) in [5.74, 6) is 0.830.